The van der Waals surface area contributed by atoms with Crippen molar-refractivity contribution in [3.05, 3.63) is 89.4 Å². The normalized spacial score (nSPS) is 11.9. The molecular formula is C27H30ClN3O5S. The summed E-state index contributed by atoms with van der Waals surface area (Å²) in [5.41, 5.74) is 1.22. The van der Waals surface area contributed by atoms with Crippen molar-refractivity contribution in [1.82, 2.24) is 10.2 Å². The van der Waals surface area contributed by atoms with E-state index in [1.807, 2.05) is 30.3 Å². The van der Waals surface area contributed by atoms with Gasteiger partial charge in [0.15, 0.2) is 0 Å². The van der Waals surface area contributed by atoms with E-state index >= 15 is 0 Å². The molecule has 0 saturated heterocycles. The number of rotatable bonds is 11. The summed E-state index contributed by atoms with van der Waals surface area (Å²) in [4.78, 5) is 27.5. The summed E-state index contributed by atoms with van der Waals surface area (Å²) in [6.45, 7) is 1.32. The molecule has 0 unspecified atom stereocenters. The van der Waals surface area contributed by atoms with Crippen LogP contribution >= 0.6 is 11.6 Å². The third-order valence-electron chi connectivity index (χ3n) is 5.92. The molecule has 0 aliphatic rings. The number of benzene rings is 3. The number of anilines is 1. The van der Waals surface area contributed by atoms with Crippen LogP contribution in [0.5, 0.6) is 5.75 Å². The first-order chi connectivity index (χ1) is 17.7. The number of sulfonamides is 1. The Bertz CT molecular complexity index is 1320. The smallest absolute Gasteiger partial charge is 0.264 e. The number of nitrogens with zero attached hydrogens (tertiary/aromatic N) is 2. The molecule has 1 atom stereocenters. The molecule has 37 heavy (non-hydrogen) atoms. The first-order valence-electron chi connectivity index (χ1n) is 11.6. The lowest BCUT2D eigenvalue weighted by atomic mass is 10.1. The molecule has 0 aliphatic heterocycles. The Morgan fingerprint density at radius 2 is 1.68 bits per heavy atom. The van der Waals surface area contributed by atoms with E-state index in [4.69, 9.17) is 16.3 Å². The van der Waals surface area contributed by atoms with Crippen LogP contribution in [-0.2, 0) is 26.0 Å². The zero-order valence-corrected chi connectivity index (χ0v) is 22.5. The molecule has 1 N–H and O–H groups in total. The molecule has 0 saturated carbocycles. The van der Waals surface area contributed by atoms with Crippen LogP contribution in [0.15, 0.2) is 83.8 Å². The summed E-state index contributed by atoms with van der Waals surface area (Å²) < 4.78 is 33.6. The minimum atomic E-state index is -4.17. The lowest BCUT2D eigenvalue weighted by Crippen LogP contribution is -2.51. The maximum atomic E-state index is 13.7. The van der Waals surface area contributed by atoms with Crippen molar-refractivity contribution in [1.29, 1.82) is 0 Å². The van der Waals surface area contributed by atoms with E-state index in [9.17, 15) is 18.0 Å². The van der Waals surface area contributed by atoms with Crippen LogP contribution in [0.25, 0.3) is 0 Å². The second-order valence-corrected chi connectivity index (χ2v) is 10.6. The largest absolute Gasteiger partial charge is 0.497 e. The summed E-state index contributed by atoms with van der Waals surface area (Å²) in [6.07, 6.45) is 0.496. The van der Waals surface area contributed by atoms with E-state index in [1.165, 1.54) is 49.4 Å². The Morgan fingerprint density at radius 1 is 1.00 bits per heavy atom. The topological polar surface area (TPSA) is 96.0 Å². The van der Waals surface area contributed by atoms with Gasteiger partial charge in [0.25, 0.3) is 10.0 Å². The van der Waals surface area contributed by atoms with Crippen LogP contribution in [0.2, 0.25) is 5.02 Å². The monoisotopic (exact) mass is 543 g/mol. The van der Waals surface area contributed by atoms with Crippen molar-refractivity contribution in [2.24, 2.45) is 0 Å². The number of hydrogen-bond acceptors (Lipinski definition) is 5. The van der Waals surface area contributed by atoms with Gasteiger partial charge in [-0.2, -0.15) is 0 Å². The van der Waals surface area contributed by atoms with Crippen LogP contribution in [0, 0.1) is 0 Å². The molecule has 196 valence electrons. The minimum Gasteiger partial charge on any atom is -0.497 e. The highest BCUT2D eigenvalue weighted by Crippen LogP contribution is 2.27. The van der Waals surface area contributed by atoms with Crippen LogP contribution in [-0.4, -0.2) is 58.4 Å². The van der Waals surface area contributed by atoms with Crippen LogP contribution in [0.3, 0.4) is 0 Å². The van der Waals surface area contributed by atoms with Crippen molar-refractivity contribution in [3.63, 3.8) is 0 Å². The lowest BCUT2D eigenvalue weighted by molar-refractivity contribution is -0.138. The van der Waals surface area contributed by atoms with Gasteiger partial charge in [0.1, 0.15) is 18.3 Å². The maximum absolute atomic E-state index is 13.7. The van der Waals surface area contributed by atoms with Gasteiger partial charge in [0.2, 0.25) is 11.8 Å². The number of methoxy groups -OCH3 is 1. The number of halogens is 1. The minimum absolute atomic E-state index is 0.0174. The quantitative estimate of drug-likeness (QED) is 0.397. The van der Waals surface area contributed by atoms with E-state index in [0.29, 0.717) is 17.2 Å². The Morgan fingerprint density at radius 3 is 2.27 bits per heavy atom. The van der Waals surface area contributed by atoms with E-state index in [1.54, 1.807) is 25.1 Å². The van der Waals surface area contributed by atoms with Crippen molar-refractivity contribution in [2.75, 3.05) is 31.6 Å². The molecular weight excluding hydrogens is 514 g/mol. The van der Waals surface area contributed by atoms with Gasteiger partial charge >= 0.3 is 0 Å². The Labute approximate surface area is 222 Å². The zero-order valence-electron chi connectivity index (χ0n) is 20.9. The van der Waals surface area contributed by atoms with Gasteiger partial charge in [0, 0.05) is 18.6 Å². The van der Waals surface area contributed by atoms with Gasteiger partial charge < -0.3 is 15.0 Å². The predicted octanol–water partition coefficient (Wildman–Crippen LogP) is 3.75. The van der Waals surface area contributed by atoms with Gasteiger partial charge in [-0.15, -0.1) is 0 Å². The summed E-state index contributed by atoms with van der Waals surface area (Å²) in [5.74, 6) is -0.381. The second kappa shape index (κ2) is 12.6. The highest BCUT2D eigenvalue weighted by atomic mass is 35.5. The van der Waals surface area contributed by atoms with Gasteiger partial charge in [-0.3, -0.25) is 13.9 Å². The van der Waals surface area contributed by atoms with Crippen LogP contribution < -0.4 is 14.4 Å². The molecule has 0 bridgehead atoms. The van der Waals surface area contributed by atoms with Crippen molar-refractivity contribution in [3.8, 4) is 5.75 Å². The number of carbonyl (C=O) groups excluding carboxylic acids is 2. The average molecular weight is 544 g/mol. The van der Waals surface area contributed by atoms with E-state index in [-0.39, 0.29) is 23.0 Å². The Balaban J connectivity index is 1.97. The molecule has 0 aliphatic carbocycles. The van der Waals surface area contributed by atoms with Gasteiger partial charge in [-0.05, 0) is 61.4 Å². The summed E-state index contributed by atoms with van der Waals surface area (Å²) >= 11 is 6.17. The fraction of sp³-hybridized carbons (Fsp3) is 0.259. The summed E-state index contributed by atoms with van der Waals surface area (Å²) in [6, 6.07) is 20.9. The second-order valence-electron chi connectivity index (χ2n) is 8.28. The number of nitrogens with one attached hydrogen (secondary N) is 1. The molecule has 0 aromatic heterocycles. The van der Waals surface area contributed by atoms with Crippen LogP contribution in [0.4, 0.5) is 5.69 Å². The molecule has 0 fully saturated rings. The molecule has 0 radical (unpaired) electrons. The van der Waals surface area contributed by atoms with E-state index < -0.39 is 28.5 Å². The number of hydrogen-bond donors (Lipinski definition) is 1. The molecule has 0 spiro atoms. The van der Waals surface area contributed by atoms with Gasteiger partial charge in [0.05, 0.1) is 17.7 Å². The molecule has 8 nitrogen and oxygen atoms in total. The third kappa shape index (κ3) is 7.02. The zero-order chi connectivity index (χ0) is 27.0. The Hall–Kier alpha value is -3.56. The number of ether oxygens (including phenoxy) is 1. The number of amides is 2. The van der Waals surface area contributed by atoms with Crippen molar-refractivity contribution >= 4 is 39.1 Å². The maximum Gasteiger partial charge on any atom is 0.264 e. The standard InChI is InChI=1S/C27H30ClN3O5S/c1-20(27(33)29-2)30(17-16-21-8-5-4-6-9-21)26(32)19-31(23-11-7-10-22(28)18-23)37(34,35)25-14-12-24(36-3)13-15-25/h4-15,18,20H,16-17,19H2,1-3H3,(H,29,33)/t20-/m0/s1. The van der Waals surface area contributed by atoms with Crippen LogP contribution in [0.1, 0.15) is 12.5 Å². The molecule has 2 amide bonds. The SMILES string of the molecule is CNC(=O)[C@H](C)N(CCc1ccccc1)C(=O)CN(c1cccc(Cl)c1)S(=O)(=O)c1ccc(OC)cc1. The average Bonchev–Trinajstić information content (AvgIpc) is 2.91. The lowest BCUT2D eigenvalue weighted by Gasteiger charge is -2.31. The fourth-order valence-corrected chi connectivity index (χ4v) is 5.40. The first-order valence-corrected chi connectivity index (χ1v) is 13.5. The summed E-state index contributed by atoms with van der Waals surface area (Å²) in [7, 11) is -1.20. The first kappa shape index (κ1) is 28.0. The summed E-state index contributed by atoms with van der Waals surface area (Å²) in [5, 5.41) is 2.88. The van der Waals surface area contributed by atoms with Gasteiger partial charge in [-0.1, -0.05) is 48.0 Å². The highest BCUT2D eigenvalue weighted by molar-refractivity contribution is 7.92. The highest BCUT2D eigenvalue weighted by Gasteiger charge is 2.32. The molecule has 3 aromatic carbocycles. The number of likely N-dealkylation sites (N-methyl/N-ethyl adjacent to an activating group) is 1. The third-order valence-corrected chi connectivity index (χ3v) is 7.94. The van der Waals surface area contributed by atoms with E-state index in [0.717, 1.165) is 9.87 Å². The molecule has 10 heteroatoms. The predicted molar refractivity (Wildman–Crippen MR) is 144 cm³/mol. The molecule has 0 heterocycles. The van der Waals surface area contributed by atoms with Gasteiger partial charge in [-0.25, -0.2) is 8.42 Å². The van der Waals surface area contributed by atoms with Crippen molar-refractivity contribution < 1.29 is 22.7 Å². The molecule has 3 rings (SSSR count). The fourth-order valence-electron chi connectivity index (χ4n) is 3.81. The van der Waals surface area contributed by atoms with E-state index in [2.05, 4.69) is 5.32 Å². The van der Waals surface area contributed by atoms with Crippen molar-refractivity contribution in [2.45, 2.75) is 24.3 Å². The number of carbonyl (C=O) groups is 2. The Kier molecular flexibility index (Phi) is 9.54. The molecule has 3 aromatic rings.